The number of ketones is 1. The van der Waals surface area contributed by atoms with Crippen LogP contribution in [0.2, 0.25) is 0 Å². The molecular formula is C20H24O. The topological polar surface area (TPSA) is 17.1 Å². The normalized spacial score (nSPS) is 12.1. The lowest BCUT2D eigenvalue weighted by Gasteiger charge is -2.17. The molecule has 0 aromatic heterocycles. The summed E-state index contributed by atoms with van der Waals surface area (Å²) >= 11 is 0. The van der Waals surface area contributed by atoms with Gasteiger partial charge in [0.15, 0.2) is 5.78 Å². The summed E-state index contributed by atoms with van der Waals surface area (Å²) in [5.41, 5.74) is 4.29. The third-order valence-corrected chi connectivity index (χ3v) is 3.87. The first kappa shape index (κ1) is 15.5. The van der Waals surface area contributed by atoms with Crippen molar-refractivity contribution < 1.29 is 4.79 Å². The van der Waals surface area contributed by atoms with E-state index < -0.39 is 0 Å². The molecule has 1 atom stereocenters. The van der Waals surface area contributed by atoms with Crippen molar-refractivity contribution in [2.75, 3.05) is 0 Å². The fraction of sp³-hybridized carbons (Fsp3) is 0.350. The predicted molar refractivity (Wildman–Crippen MR) is 89.0 cm³/mol. The molecule has 0 radical (unpaired) electrons. The fourth-order valence-electron chi connectivity index (χ4n) is 2.86. The SMILES string of the molecule is CCCCC(C(=O)c1cc(C)cc(C)c1)c1ccccc1. The zero-order chi connectivity index (χ0) is 15.2. The Kier molecular flexibility index (Phi) is 5.32. The molecule has 21 heavy (non-hydrogen) atoms. The number of aryl methyl sites for hydroxylation is 2. The van der Waals surface area contributed by atoms with Crippen molar-refractivity contribution >= 4 is 5.78 Å². The average Bonchev–Trinajstić information content (AvgIpc) is 2.47. The standard InChI is InChI=1S/C20H24O/c1-4-5-11-19(17-9-7-6-8-10-17)20(21)18-13-15(2)12-16(3)14-18/h6-10,12-14,19H,4-5,11H2,1-3H3. The van der Waals surface area contributed by atoms with Crippen LogP contribution in [0.15, 0.2) is 48.5 Å². The van der Waals surface area contributed by atoms with Gasteiger partial charge in [-0.1, -0.05) is 67.3 Å². The highest BCUT2D eigenvalue weighted by molar-refractivity contribution is 6.01. The van der Waals surface area contributed by atoms with Gasteiger partial charge < -0.3 is 0 Å². The lowest BCUT2D eigenvalue weighted by Crippen LogP contribution is -2.13. The largest absolute Gasteiger partial charge is 0.293 e. The first-order valence-corrected chi connectivity index (χ1v) is 7.79. The third kappa shape index (κ3) is 4.04. The Morgan fingerprint density at radius 1 is 1.00 bits per heavy atom. The molecule has 2 aromatic carbocycles. The predicted octanol–water partition coefficient (Wildman–Crippen LogP) is 5.46. The monoisotopic (exact) mass is 280 g/mol. The molecule has 0 aliphatic heterocycles. The third-order valence-electron chi connectivity index (χ3n) is 3.87. The van der Waals surface area contributed by atoms with Crippen LogP contribution in [-0.2, 0) is 0 Å². The van der Waals surface area contributed by atoms with Gasteiger partial charge in [-0.3, -0.25) is 4.79 Å². The molecule has 2 rings (SSSR count). The zero-order valence-electron chi connectivity index (χ0n) is 13.2. The average molecular weight is 280 g/mol. The molecule has 0 fully saturated rings. The van der Waals surface area contributed by atoms with Crippen LogP contribution in [0, 0.1) is 13.8 Å². The van der Waals surface area contributed by atoms with Crippen LogP contribution in [-0.4, -0.2) is 5.78 Å². The summed E-state index contributed by atoms with van der Waals surface area (Å²) in [6.07, 6.45) is 3.12. The van der Waals surface area contributed by atoms with Gasteiger partial charge in [-0.2, -0.15) is 0 Å². The number of hydrogen-bond donors (Lipinski definition) is 0. The molecule has 0 aliphatic carbocycles. The van der Waals surface area contributed by atoms with E-state index in [9.17, 15) is 4.79 Å². The van der Waals surface area contributed by atoms with Gasteiger partial charge in [-0.25, -0.2) is 0 Å². The minimum Gasteiger partial charge on any atom is -0.293 e. The van der Waals surface area contributed by atoms with Crippen molar-refractivity contribution in [3.05, 3.63) is 70.8 Å². The van der Waals surface area contributed by atoms with Crippen molar-refractivity contribution in [2.45, 2.75) is 46.0 Å². The molecule has 0 saturated heterocycles. The summed E-state index contributed by atoms with van der Waals surface area (Å²) in [5, 5.41) is 0. The molecular weight excluding hydrogens is 256 g/mol. The number of carbonyl (C=O) groups excluding carboxylic acids is 1. The second kappa shape index (κ2) is 7.21. The van der Waals surface area contributed by atoms with E-state index in [1.54, 1.807) is 0 Å². The second-order valence-corrected chi connectivity index (χ2v) is 5.85. The quantitative estimate of drug-likeness (QED) is 0.642. The first-order valence-electron chi connectivity index (χ1n) is 7.79. The van der Waals surface area contributed by atoms with Crippen molar-refractivity contribution in [2.24, 2.45) is 0 Å². The second-order valence-electron chi connectivity index (χ2n) is 5.85. The number of benzene rings is 2. The molecule has 1 unspecified atom stereocenters. The highest BCUT2D eigenvalue weighted by Gasteiger charge is 2.21. The van der Waals surface area contributed by atoms with Gasteiger partial charge in [0, 0.05) is 11.5 Å². The number of hydrogen-bond acceptors (Lipinski definition) is 1. The number of carbonyl (C=O) groups is 1. The van der Waals surface area contributed by atoms with E-state index >= 15 is 0 Å². The molecule has 1 nitrogen and oxygen atoms in total. The Morgan fingerprint density at radius 2 is 1.62 bits per heavy atom. The summed E-state index contributed by atoms with van der Waals surface area (Å²) in [7, 11) is 0. The highest BCUT2D eigenvalue weighted by atomic mass is 16.1. The lowest BCUT2D eigenvalue weighted by molar-refractivity contribution is 0.0954. The summed E-state index contributed by atoms with van der Waals surface area (Å²) in [4.78, 5) is 13.0. The Labute approximate surface area is 128 Å². The summed E-state index contributed by atoms with van der Waals surface area (Å²) in [5.74, 6) is 0.230. The smallest absolute Gasteiger partial charge is 0.170 e. The van der Waals surface area contributed by atoms with Crippen molar-refractivity contribution in [3.63, 3.8) is 0 Å². The molecule has 0 bridgehead atoms. The van der Waals surface area contributed by atoms with Gasteiger partial charge in [-0.05, 0) is 38.0 Å². The molecule has 0 saturated carbocycles. The Hall–Kier alpha value is -1.89. The maximum absolute atomic E-state index is 13.0. The van der Waals surface area contributed by atoms with Crippen molar-refractivity contribution in [1.29, 1.82) is 0 Å². The molecule has 0 amide bonds. The Balaban J connectivity index is 2.33. The van der Waals surface area contributed by atoms with Crippen LogP contribution in [0.4, 0.5) is 0 Å². The number of rotatable bonds is 6. The van der Waals surface area contributed by atoms with Crippen LogP contribution < -0.4 is 0 Å². The lowest BCUT2D eigenvalue weighted by atomic mass is 9.86. The summed E-state index contributed by atoms with van der Waals surface area (Å²) < 4.78 is 0. The fourth-order valence-corrected chi connectivity index (χ4v) is 2.86. The first-order chi connectivity index (χ1) is 10.1. The van der Waals surface area contributed by atoms with Gasteiger partial charge in [0.05, 0.1) is 0 Å². The van der Waals surface area contributed by atoms with Gasteiger partial charge in [-0.15, -0.1) is 0 Å². The van der Waals surface area contributed by atoms with Gasteiger partial charge >= 0.3 is 0 Å². The van der Waals surface area contributed by atoms with Crippen molar-refractivity contribution in [1.82, 2.24) is 0 Å². The molecule has 110 valence electrons. The van der Waals surface area contributed by atoms with E-state index in [0.29, 0.717) is 0 Å². The molecule has 0 heterocycles. The van der Waals surface area contributed by atoms with Crippen molar-refractivity contribution in [3.8, 4) is 0 Å². The van der Waals surface area contributed by atoms with Gasteiger partial charge in [0.25, 0.3) is 0 Å². The van der Waals surface area contributed by atoms with Crippen LogP contribution in [0.1, 0.15) is 59.2 Å². The number of Topliss-reactive ketones (excluding diaryl/α,β-unsaturated/α-hetero) is 1. The zero-order valence-corrected chi connectivity index (χ0v) is 13.2. The summed E-state index contributed by atoms with van der Waals surface area (Å²) in [6.45, 7) is 6.27. The Morgan fingerprint density at radius 3 is 2.19 bits per heavy atom. The van der Waals surface area contributed by atoms with Gasteiger partial charge in [0.1, 0.15) is 0 Å². The number of unbranched alkanes of at least 4 members (excludes halogenated alkanes) is 1. The van der Waals surface area contributed by atoms with Crippen LogP contribution >= 0.6 is 0 Å². The molecule has 0 N–H and O–H groups in total. The maximum Gasteiger partial charge on any atom is 0.170 e. The van der Waals surface area contributed by atoms with Crippen LogP contribution in [0.5, 0.6) is 0 Å². The van der Waals surface area contributed by atoms with E-state index in [-0.39, 0.29) is 11.7 Å². The minimum absolute atomic E-state index is 0.0210. The molecule has 2 aromatic rings. The van der Waals surface area contributed by atoms with Crippen LogP contribution in [0.3, 0.4) is 0 Å². The van der Waals surface area contributed by atoms with E-state index in [2.05, 4.69) is 25.1 Å². The Bertz CT molecular complexity index is 578. The minimum atomic E-state index is -0.0210. The van der Waals surface area contributed by atoms with E-state index in [0.717, 1.165) is 41.5 Å². The van der Waals surface area contributed by atoms with E-state index in [1.807, 2.05) is 44.2 Å². The van der Waals surface area contributed by atoms with E-state index in [1.165, 1.54) is 0 Å². The molecule has 1 heteroatoms. The highest BCUT2D eigenvalue weighted by Crippen LogP contribution is 2.27. The summed E-state index contributed by atoms with van der Waals surface area (Å²) in [6, 6.07) is 16.3. The molecule has 0 aliphatic rings. The molecule has 0 spiro atoms. The maximum atomic E-state index is 13.0. The van der Waals surface area contributed by atoms with E-state index in [4.69, 9.17) is 0 Å². The van der Waals surface area contributed by atoms with Gasteiger partial charge in [0.2, 0.25) is 0 Å². The van der Waals surface area contributed by atoms with Crippen LogP contribution in [0.25, 0.3) is 0 Å².